The Bertz CT molecular complexity index is 628. The fraction of sp³-hybridized carbons (Fsp3) is 0. The fourth-order valence-corrected chi connectivity index (χ4v) is 1.41. The number of hydrogen-bond acceptors (Lipinski definition) is 6. The van der Waals surface area contributed by atoms with Crippen molar-refractivity contribution in [2.24, 2.45) is 0 Å². The Morgan fingerprint density at radius 2 is 0.875 bits per heavy atom. The molecule has 0 aromatic heterocycles. The Morgan fingerprint density at radius 3 is 1.12 bits per heavy atom. The van der Waals surface area contributed by atoms with Gasteiger partial charge in [0.1, 0.15) is 0 Å². The maximum atomic E-state index is 10.3. The van der Waals surface area contributed by atoms with Crippen molar-refractivity contribution in [3.05, 3.63) is 71.3 Å². The van der Waals surface area contributed by atoms with E-state index >= 15 is 0 Å². The first-order valence-corrected chi connectivity index (χ1v) is 5.71. The van der Waals surface area contributed by atoms with E-state index in [1.165, 1.54) is 24.3 Å². The van der Waals surface area contributed by atoms with Gasteiger partial charge in [-0.25, -0.2) is 0 Å². The zero-order valence-electron chi connectivity index (χ0n) is 13.6. The molecule has 0 spiro atoms. The van der Waals surface area contributed by atoms with Gasteiger partial charge in [0, 0.05) is 11.1 Å². The topological polar surface area (TPSA) is 120 Å². The number of rotatable bonds is 3. The predicted molar refractivity (Wildman–Crippen MR) is 65.9 cm³/mol. The van der Waals surface area contributed by atoms with Crippen LogP contribution in [-0.2, 0) is 0 Å². The summed E-state index contributed by atoms with van der Waals surface area (Å²) >= 11 is 0. The number of carboxylic acid groups (broad SMARTS) is 3. The van der Waals surface area contributed by atoms with Gasteiger partial charge in [-0.3, -0.25) is 0 Å². The molecule has 0 saturated carbocycles. The van der Waals surface area contributed by atoms with E-state index in [9.17, 15) is 29.7 Å². The summed E-state index contributed by atoms with van der Waals surface area (Å²) in [6, 6.07) is 13.2. The van der Waals surface area contributed by atoms with Crippen LogP contribution in [0.1, 0.15) is 31.1 Å². The molecular weight excluding hydrogens is 345 g/mol. The van der Waals surface area contributed by atoms with Gasteiger partial charge in [-0.05, 0) is 5.56 Å². The van der Waals surface area contributed by atoms with Gasteiger partial charge in [0.15, 0.2) is 0 Å². The molecule has 0 atom stereocenters. The molecule has 2 rings (SSSR count). The van der Waals surface area contributed by atoms with Crippen LogP contribution in [0.15, 0.2) is 54.6 Å². The maximum Gasteiger partial charge on any atom is 1.00 e. The molecule has 0 unspecified atom stereocenters. The van der Waals surface area contributed by atoms with E-state index in [1.807, 2.05) is 0 Å². The van der Waals surface area contributed by atoms with Gasteiger partial charge in [-0.2, -0.15) is 0 Å². The van der Waals surface area contributed by atoms with Crippen molar-refractivity contribution in [2.45, 2.75) is 0 Å². The third-order valence-electron chi connectivity index (χ3n) is 2.38. The number of benzene rings is 2. The molecule has 0 N–H and O–H groups in total. The minimum atomic E-state index is -1.52. The van der Waals surface area contributed by atoms with Crippen molar-refractivity contribution in [1.82, 2.24) is 0 Å². The Hall–Kier alpha value is -0.150. The Balaban J connectivity index is -0.000000336. The van der Waals surface area contributed by atoms with Crippen molar-refractivity contribution in [3.8, 4) is 0 Å². The number of carbonyl (C=O) groups excluding carboxylic acids is 3. The minimum absolute atomic E-state index is 0. The molecule has 2 aromatic carbocycles. The van der Waals surface area contributed by atoms with Crippen molar-refractivity contribution in [1.29, 1.82) is 0 Å². The van der Waals surface area contributed by atoms with Gasteiger partial charge in [-0.15, -0.1) is 0 Å². The normalized spacial score (nSPS) is 8.00. The van der Waals surface area contributed by atoms with Crippen LogP contribution in [0.5, 0.6) is 0 Å². The summed E-state index contributed by atoms with van der Waals surface area (Å²) < 4.78 is 0. The molecule has 0 bridgehead atoms. The van der Waals surface area contributed by atoms with Crippen molar-refractivity contribution < 1.29 is 118 Å². The maximum absolute atomic E-state index is 10.3. The monoisotopic (exact) mass is 354 g/mol. The number of carboxylic acids is 3. The number of carbonyl (C=O) groups is 3. The minimum Gasteiger partial charge on any atom is -0.545 e. The average molecular weight is 354 g/mol. The van der Waals surface area contributed by atoms with E-state index in [1.54, 1.807) is 18.2 Å². The molecule has 6 nitrogen and oxygen atoms in total. The van der Waals surface area contributed by atoms with E-state index in [2.05, 4.69) is 0 Å². The predicted octanol–water partition coefficient (Wildman–Crippen LogP) is -10.5. The smallest absolute Gasteiger partial charge is 0.545 e. The van der Waals surface area contributed by atoms with Crippen LogP contribution in [0, 0.1) is 0 Å². The van der Waals surface area contributed by atoms with Gasteiger partial charge < -0.3 is 29.7 Å². The van der Waals surface area contributed by atoms with Gasteiger partial charge in [0.2, 0.25) is 0 Å². The molecule has 0 aliphatic rings. The van der Waals surface area contributed by atoms with Crippen LogP contribution in [-0.4, -0.2) is 17.9 Å². The standard InChI is InChI=1S/C8H6O4.C7H6O2.3Na/c9-7(10)5-3-1-2-4-6(5)8(11)12;8-7(9)6-4-2-1-3-5-6;;;/h1-4H,(H,9,10)(H,11,12);1-5H,(H,8,9);;;/q;;3*+1/p-3. The first-order valence-electron chi connectivity index (χ1n) is 5.71. The Morgan fingerprint density at radius 1 is 0.542 bits per heavy atom. The second-order valence-electron chi connectivity index (χ2n) is 3.77. The summed E-state index contributed by atoms with van der Waals surface area (Å²) in [5.41, 5.74) is -0.507. The average Bonchev–Trinajstić information content (AvgIpc) is 2.48. The summed E-state index contributed by atoms with van der Waals surface area (Å²) in [6.07, 6.45) is 0. The molecule has 0 aliphatic heterocycles. The summed E-state index contributed by atoms with van der Waals surface area (Å²) in [5, 5.41) is 30.7. The van der Waals surface area contributed by atoms with Gasteiger partial charge in [-0.1, -0.05) is 54.6 Å². The van der Waals surface area contributed by atoms with Crippen LogP contribution >= 0.6 is 0 Å². The third-order valence-corrected chi connectivity index (χ3v) is 2.38. The molecule has 0 aliphatic carbocycles. The molecule has 9 heteroatoms. The van der Waals surface area contributed by atoms with Crippen LogP contribution in [0.2, 0.25) is 0 Å². The summed E-state index contributed by atoms with van der Waals surface area (Å²) in [6.45, 7) is 0. The molecule has 2 aromatic rings. The second-order valence-corrected chi connectivity index (χ2v) is 3.77. The first-order chi connectivity index (χ1) is 9.93. The number of aromatic carboxylic acids is 3. The molecule has 0 radical (unpaired) electrons. The van der Waals surface area contributed by atoms with Crippen molar-refractivity contribution in [2.75, 3.05) is 0 Å². The first kappa shape index (κ1) is 28.6. The molecule has 24 heavy (non-hydrogen) atoms. The zero-order chi connectivity index (χ0) is 15.8. The molecule has 0 heterocycles. The van der Waals surface area contributed by atoms with E-state index in [0.717, 1.165) is 12.1 Å². The van der Waals surface area contributed by atoms with Crippen LogP contribution in [0.25, 0.3) is 0 Å². The zero-order valence-corrected chi connectivity index (χ0v) is 19.6. The molecule has 108 valence electrons. The van der Waals surface area contributed by atoms with E-state index in [4.69, 9.17) is 0 Å². The van der Waals surface area contributed by atoms with Crippen LogP contribution < -0.4 is 104 Å². The summed E-state index contributed by atoms with van der Waals surface area (Å²) in [4.78, 5) is 30.7. The van der Waals surface area contributed by atoms with Crippen molar-refractivity contribution >= 4 is 17.9 Å². The van der Waals surface area contributed by atoms with Crippen LogP contribution in [0.4, 0.5) is 0 Å². The Kier molecular flexibility index (Phi) is 18.1. The van der Waals surface area contributed by atoms with Crippen LogP contribution in [0.3, 0.4) is 0 Å². The summed E-state index contributed by atoms with van der Waals surface area (Å²) in [7, 11) is 0. The number of hydrogen-bond donors (Lipinski definition) is 0. The van der Waals surface area contributed by atoms with Gasteiger partial charge >= 0.3 is 88.7 Å². The van der Waals surface area contributed by atoms with Gasteiger partial charge in [0.25, 0.3) is 0 Å². The van der Waals surface area contributed by atoms with Gasteiger partial charge in [0.05, 0.1) is 17.9 Å². The molecule has 0 saturated heterocycles. The largest absolute Gasteiger partial charge is 1.00 e. The molecule has 0 fully saturated rings. The Labute approximate surface area is 205 Å². The SMILES string of the molecule is O=C([O-])c1ccccc1.O=C([O-])c1ccccc1C(=O)[O-].[Na+].[Na+].[Na+]. The van der Waals surface area contributed by atoms with E-state index in [-0.39, 0.29) is 105 Å². The van der Waals surface area contributed by atoms with E-state index < -0.39 is 17.9 Å². The molecular formula is C15H9Na3O6. The third kappa shape index (κ3) is 9.98. The molecule has 0 amide bonds. The fourth-order valence-electron chi connectivity index (χ4n) is 1.41. The summed E-state index contributed by atoms with van der Waals surface area (Å²) in [5.74, 6) is -4.17. The second kappa shape index (κ2) is 15.1. The quantitative estimate of drug-likeness (QED) is 0.505. The van der Waals surface area contributed by atoms with E-state index in [0.29, 0.717) is 0 Å². The van der Waals surface area contributed by atoms with Crippen molar-refractivity contribution in [3.63, 3.8) is 0 Å².